The van der Waals surface area contributed by atoms with Crippen LogP contribution >= 0.6 is 0 Å². The van der Waals surface area contributed by atoms with Crippen molar-refractivity contribution < 1.29 is 13.9 Å². The summed E-state index contributed by atoms with van der Waals surface area (Å²) in [4.78, 5) is 17.4. The van der Waals surface area contributed by atoms with Crippen molar-refractivity contribution in [2.75, 3.05) is 11.5 Å². The maximum Gasteiger partial charge on any atom is 0.265 e. The molecule has 0 saturated carbocycles. The van der Waals surface area contributed by atoms with Crippen molar-refractivity contribution in [1.29, 1.82) is 0 Å². The van der Waals surface area contributed by atoms with Crippen LogP contribution in [0.5, 0.6) is 5.75 Å². The molecule has 0 fully saturated rings. The Bertz CT molecular complexity index is 616. The Morgan fingerprint density at radius 3 is 3.05 bits per heavy atom. The van der Waals surface area contributed by atoms with Gasteiger partial charge in [-0.15, -0.1) is 0 Å². The zero-order valence-electron chi connectivity index (χ0n) is 10.0. The zero-order valence-corrected chi connectivity index (χ0v) is 10.0. The van der Waals surface area contributed by atoms with Crippen LogP contribution in [0.25, 0.3) is 0 Å². The second-order valence-electron chi connectivity index (χ2n) is 4.24. The Labute approximate surface area is 109 Å². The molecule has 0 aliphatic carbocycles. The van der Waals surface area contributed by atoms with E-state index in [-0.39, 0.29) is 12.5 Å². The highest BCUT2D eigenvalue weighted by atomic mass is 19.1. The summed E-state index contributed by atoms with van der Waals surface area (Å²) in [6, 6.07) is 7.83. The van der Waals surface area contributed by atoms with E-state index >= 15 is 0 Å². The molecule has 4 nitrogen and oxygen atoms in total. The van der Waals surface area contributed by atoms with Crippen LogP contribution in [0.15, 0.2) is 42.7 Å². The van der Waals surface area contributed by atoms with Crippen LogP contribution in [-0.4, -0.2) is 17.5 Å². The summed E-state index contributed by atoms with van der Waals surface area (Å²) < 4.78 is 18.6. The number of benzene rings is 1. The minimum absolute atomic E-state index is 0.0289. The number of carbonyl (C=O) groups is 1. The Morgan fingerprint density at radius 1 is 1.37 bits per heavy atom. The van der Waals surface area contributed by atoms with Crippen LogP contribution in [0.4, 0.5) is 10.1 Å². The van der Waals surface area contributed by atoms with E-state index in [1.807, 2.05) is 6.07 Å². The molecular weight excluding hydrogens is 247 g/mol. The molecule has 1 aromatic heterocycles. The SMILES string of the molecule is O=C1COc2ccc(F)cc2N1Cc1cccnc1. The average Bonchev–Trinajstić information content (AvgIpc) is 2.43. The second-order valence-corrected chi connectivity index (χ2v) is 4.24. The first-order valence-corrected chi connectivity index (χ1v) is 5.85. The molecule has 0 saturated heterocycles. The molecule has 0 radical (unpaired) electrons. The lowest BCUT2D eigenvalue weighted by Gasteiger charge is -2.29. The number of carbonyl (C=O) groups excluding carboxylic acids is 1. The largest absolute Gasteiger partial charge is 0.482 e. The van der Waals surface area contributed by atoms with Crippen LogP contribution in [0.1, 0.15) is 5.56 Å². The number of amides is 1. The van der Waals surface area contributed by atoms with Gasteiger partial charge in [0.1, 0.15) is 11.6 Å². The molecule has 96 valence electrons. The molecule has 1 aliphatic heterocycles. The second kappa shape index (κ2) is 4.68. The highest BCUT2D eigenvalue weighted by Crippen LogP contribution is 2.33. The Kier molecular flexibility index (Phi) is 2.87. The molecule has 2 aromatic rings. The highest BCUT2D eigenvalue weighted by molar-refractivity contribution is 5.97. The van der Waals surface area contributed by atoms with Gasteiger partial charge < -0.3 is 9.64 Å². The number of nitrogens with zero attached hydrogens (tertiary/aromatic N) is 2. The smallest absolute Gasteiger partial charge is 0.265 e. The van der Waals surface area contributed by atoms with Gasteiger partial charge in [0.05, 0.1) is 12.2 Å². The number of hydrogen-bond acceptors (Lipinski definition) is 3. The fourth-order valence-electron chi connectivity index (χ4n) is 2.02. The molecule has 0 unspecified atom stereocenters. The average molecular weight is 258 g/mol. The Hall–Kier alpha value is -2.43. The van der Waals surface area contributed by atoms with E-state index in [0.29, 0.717) is 18.0 Å². The normalized spacial score (nSPS) is 13.9. The van der Waals surface area contributed by atoms with Gasteiger partial charge in [0.15, 0.2) is 6.61 Å². The first-order chi connectivity index (χ1) is 9.24. The minimum Gasteiger partial charge on any atom is -0.482 e. The van der Waals surface area contributed by atoms with E-state index in [1.54, 1.807) is 18.5 Å². The summed E-state index contributed by atoms with van der Waals surface area (Å²) in [5, 5.41) is 0. The monoisotopic (exact) mass is 258 g/mol. The number of rotatable bonds is 2. The summed E-state index contributed by atoms with van der Waals surface area (Å²) in [6.45, 7) is 0.325. The van der Waals surface area contributed by atoms with Gasteiger partial charge in [-0.1, -0.05) is 6.07 Å². The standard InChI is InChI=1S/C14H11FN2O2/c15-11-3-4-13-12(6-11)17(14(18)9-19-13)8-10-2-1-5-16-7-10/h1-7H,8-9H2. The van der Waals surface area contributed by atoms with Crippen molar-refractivity contribution in [2.45, 2.75) is 6.54 Å². The van der Waals surface area contributed by atoms with E-state index in [2.05, 4.69) is 4.98 Å². The van der Waals surface area contributed by atoms with E-state index in [9.17, 15) is 9.18 Å². The molecule has 0 N–H and O–H groups in total. The van der Waals surface area contributed by atoms with Gasteiger partial charge in [0.25, 0.3) is 5.91 Å². The lowest BCUT2D eigenvalue weighted by molar-refractivity contribution is -0.121. The van der Waals surface area contributed by atoms with Crippen molar-refractivity contribution in [3.63, 3.8) is 0 Å². The summed E-state index contributed by atoms with van der Waals surface area (Å²) in [5.74, 6) is -0.0694. The summed E-state index contributed by atoms with van der Waals surface area (Å²) >= 11 is 0. The summed E-state index contributed by atoms with van der Waals surface area (Å²) in [7, 11) is 0. The molecule has 0 spiro atoms. The lowest BCUT2D eigenvalue weighted by atomic mass is 10.2. The molecule has 1 aromatic carbocycles. The third-order valence-electron chi connectivity index (χ3n) is 2.93. The third-order valence-corrected chi connectivity index (χ3v) is 2.93. The van der Waals surface area contributed by atoms with Crippen LogP contribution < -0.4 is 9.64 Å². The molecule has 0 atom stereocenters. The van der Waals surface area contributed by atoms with E-state index < -0.39 is 5.82 Å². The molecule has 1 aliphatic rings. The number of pyridine rings is 1. The van der Waals surface area contributed by atoms with Crippen LogP contribution in [0.2, 0.25) is 0 Å². The van der Waals surface area contributed by atoms with Gasteiger partial charge in [-0.3, -0.25) is 9.78 Å². The number of fused-ring (bicyclic) bond motifs is 1. The predicted octanol–water partition coefficient (Wildman–Crippen LogP) is 2.15. The van der Waals surface area contributed by atoms with Crippen molar-refractivity contribution in [3.05, 3.63) is 54.1 Å². The number of halogens is 1. The van der Waals surface area contributed by atoms with Gasteiger partial charge in [-0.2, -0.15) is 0 Å². The maximum atomic E-state index is 13.3. The molecule has 2 heterocycles. The lowest BCUT2D eigenvalue weighted by Crippen LogP contribution is -2.38. The van der Waals surface area contributed by atoms with E-state index in [1.165, 1.54) is 23.1 Å². The summed E-state index contributed by atoms with van der Waals surface area (Å²) in [6.07, 6.45) is 3.35. The van der Waals surface area contributed by atoms with Gasteiger partial charge in [0.2, 0.25) is 0 Å². The van der Waals surface area contributed by atoms with Gasteiger partial charge >= 0.3 is 0 Å². The predicted molar refractivity (Wildman–Crippen MR) is 67.3 cm³/mol. The van der Waals surface area contributed by atoms with E-state index in [0.717, 1.165) is 5.56 Å². The Balaban J connectivity index is 1.97. The fraction of sp³-hybridized carbons (Fsp3) is 0.143. The maximum absolute atomic E-state index is 13.3. The molecule has 19 heavy (non-hydrogen) atoms. The van der Waals surface area contributed by atoms with Gasteiger partial charge in [-0.25, -0.2) is 4.39 Å². The zero-order chi connectivity index (χ0) is 13.2. The first-order valence-electron chi connectivity index (χ1n) is 5.85. The van der Waals surface area contributed by atoms with Crippen molar-refractivity contribution >= 4 is 11.6 Å². The number of aromatic nitrogens is 1. The molecule has 1 amide bonds. The Morgan fingerprint density at radius 2 is 2.26 bits per heavy atom. The van der Waals surface area contributed by atoms with Gasteiger partial charge in [0, 0.05) is 18.5 Å². The summed E-state index contributed by atoms with van der Waals surface area (Å²) in [5.41, 5.74) is 1.34. The topological polar surface area (TPSA) is 42.4 Å². The molecule has 5 heteroatoms. The molecule has 3 rings (SSSR count). The number of hydrogen-bond donors (Lipinski definition) is 0. The fourth-order valence-corrected chi connectivity index (χ4v) is 2.02. The van der Waals surface area contributed by atoms with Crippen molar-refractivity contribution in [2.24, 2.45) is 0 Å². The third kappa shape index (κ3) is 2.27. The first kappa shape index (κ1) is 11.6. The molecular formula is C14H11FN2O2. The quantitative estimate of drug-likeness (QED) is 0.828. The molecule has 0 bridgehead atoms. The van der Waals surface area contributed by atoms with Crippen LogP contribution in [0, 0.1) is 5.82 Å². The van der Waals surface area contributed by atoms with Crippen molar-refractivity contribution in [1.82, 2.24) is 4.98 Å². The van der Waals surface area contributed by atoms with Crippen molar-refractivity contribution in [3.8, 4) is 5.75 Å². The number of anilines is 1. The van der Waals surface area contributed by atoms with Crippen LogP contribution in [-0.2, 0) is 11.3 Å². The number of ether oxygens (including phenoxy) is 1. The van der Waals surface area contributed by atoms with E-state index in [4.69, 9.17) is 4.74 Å². The highest BCUT2D eigenvalue weighted by Gasteiger charge is 2.26. The minimum atomic E-state index is -0.395. The van der Waals surface area contributed by atoms with Gasteiger partial charge in [-0.05, 0) is 23.8 Å². The van der Waals surface area contributed by atoms with Crippen LogP contribution in [0.3, 0.4) is 0 Å².